The number of carboxylic acids is 1. The summed E-state index contributed by atoms with van der Waals surface area (Å²) in [6.07, 6.45) is -4.16. The maximum Gasteiger partial charge on any atom is 0.417 e. The number of nitrogens with zero attached hydrogens (tertiary/aromatic N) is 5. The molecule has 0 aromatic heterocycles. The Balaban J connectivity index is 1.48. The Morgan fingerprint density at radius 2 is 1.73 bits per heavy atom. The normalized spacial score (nSPS) is 18.1. The molecule has 0 bridgehead atoms. The molecular weight excluding hydrogens is 595 g/mol. The molecule has 2 aliphatic rings. The second-order valence-corrected chi connectivity index (χ2v) is 12.2. The zero-order valence-corrected chi connectivity index (χ0v) is 26.2. The molecule has 0 atom stereocenters. The number of carbonyl (C=O) groups excluding carboxylic acids is 1. The van der Waals surface area contributed by atoms with Gasteiger partial charge < -0.3 is 14.7 Å². The van der Waals surface area contributed by atoms with Gasteiger partial charge in [0.15, 0.2) is 5.11 Å². The summed E-state index contributed by atoms with van der Waals surface area (Å²) >= 11 is 5.66. The van der Waals surface area contributed by atoms with Crippen LogP contribution in [0.5, 0.6) is 5.75 Å². The van der Waals surface area contributed by atoms with Crippen molar-refractivity contribution in [3.63, 3.8) is 0 Å². The summed E-state index contributed by atoms with van der Waals surface area (Å²) in [5, 5.41) is 18.7. The first kappa shape index (κ1) is 33.2. The van der Waals surface area contributed by atoms with Gasteiger partial charge in [-0.2, -0.15) is 18.4 Å². The van der Waals surface area contributed by atoms with Crippen molar-refractivity contribution < 1.29 is 32.6 Å². The highest BCUT2D eigenvalue weighted by molar-refractivity contribution is 7.81. The number of carboxylic acid groups (broad SMARTS) is 1. The molecule has 2 aromatic carbocycles. The second kappa shape index (κ2) is 12.3. The third-order valence-corrected chi connectivity index (χ3v) is 8.75. The smallest absolute Gasteiger partial charge is 0.417 e. The molecule has 9 nitrogen and oxygen atoms in total. The largest absolute Gasteiger partial charge is 0.492 e. The molecule has 2 saturated heterocycles. The van der Waals surface area contributed by atoms with E-state index in [2.05, 4.69) is 4.90 Å². The molecule has 0 spiro atoms. The molecule has 0 radical (unpaired) electrons. The number of nitriles is 1. The number of rotatable bonds is 9. The highest BCUT2D eigenvalue weighted by Crippen LogP contribution is 2.40. The van der Waals surface area contributed by atoms with Crippen molar-refractivity contribution >= 4 is 40.6 Å². The fourth-order valence-corrected chi connectivity index (χ4v) is 6.05. The van der Waals surface area contributed by atoms with E-state index < -0.39 is 40.3 Å². The van der Waals surface area contributed by atoms with Crippen LogP contribution in [0.4, 0.5) is 24.5 Å². The van der Waals surface area contributed by atoms with Crippen LogP contribution < -0.4 is 14.5 Å². The molecule has 1 N–H and O–H groups in total. The lowest BCUT2D eigenvalue weighted by Gasteiger charge is -2.41. The van der Waals surface area contributed by atoms with E-state index in [1.807, 2.05) is 17.9 Å². The van der Waals surface area contributed by atoms with Crippen molar-refractivity contribution in [3.05, 3.63) is 53.1 Å². The van der Waals surface area contributed by atoms with E-state index in [1.54, 1.807) is 50.8 Å². The van der Waals surface area contributed by atoms with Crippen LogP contribution in [0.2, 0.25) is 0 Å². The van der Waals surface area contributed by atoms with Crippen LogP contribution >= 0.6 is 12.2 Å². The standard InChI is InChI=1S/C31H36F3N5O4S/c1-6-20-17-23(9-10-25(20)43-16-15-36-11-13-37(14-12-36)30(4,5)27(41)42)39-28(44)38(26(40)29(39,2)3)22-8-7-21(19-35)24(18-22)31(32,33)34/h7-10,17-18H,6,11-16H2,1-5H3,(H,41,42). The van der Waals surface area contributed by atoms with Crippen molar-refractivity contribution in [2.75, 3.05) is 49.1 Å². The number of hydrogen-bond donors (Lipinski definition) is 1. The average molecular weight is 632 g/mol. The number of piperazine rings is 1. The number of aryl methyl sites for hydroxylation is 1. The minimum Gasteiger partial charge on any atom is -0.492 e. The van der Waals surface area contributed by atoms with E-state index in [-0.39, 0.29) is 10.8 Å². The van der Waals surface area contributed by atoms with E-state index >= 15 is 0 Å². The van der Waals surface area contributed by atoms with Crippen LogP contribution in [-0.4, -0.2) is 82.3 Å². The molecule has 2 fully saturated rings. The van der Waals surface area contributed by atoms with Crippen molar-refractivity contribution in [1.29, 1.82) is 5.26 Å². The Labute approximate surface area is 260 Å². The van der Waals surface area contributed by atoms with E-state index in [0.717, 1.165) is 35.7 Å². The van der Waals surface area contributed by atoms with Crippen molar-refractivity contribution in [2.24, 2.45) is 0 Å². The van der Waals surface area contributed by atoms with E-state index in [4.69, 9.17) is 22.2 Å². The summed E-state index contributed by atoms with van der Waals surface area (Å²) in [7, 11) is 0. The number of amides is 1. The average Bonchev–Trinajstić information content (AvgIpc) is 3.15. The van der Waals surface area contributed by atoms with Crippen LogP contribution in [0.25, 0.3) is 0 Å². The van der Waals surface area contributed by atoms with Gasteiger partial charge in [-0.25, -0.2) is 0 Å². The Bertz CT molecular complexity index is 1500. The summed E-state index contributed by atoms with van der Waals surface area (Å²) in [6.45, 7) is 12.6. The molecule has 2 heterocycles. The Hall–Kier alpha value is -3.73. The molecular formula is C31H36F3N5O4S. The number of carbonyl (C=O) groups is 2. The molecule has 2 aromatic rings. The van der Waals surface area contributed by atoms with Gasteiger partial charge in [-0.05, 0) is 88.3 Å². The summed E-state index contributed by atoms with van der Waals surface area (Å²) in [4.78, 5) is 32.0. The molecule has 0 saturated carbocycles. The van der Waals surface area contributed by atoms with Gasteiger partial charge in [-0.1, -0.05) is 6.92 Å². The lowest BCUT2D eigenvalue weighted by molar-refractivity contribution is -0.150. The summed E-state index contributed by atoms with van der Waals surface area (Å²) < 4.78 is 47.1. The zero-order valence-electron chi connectivity index (χ0n) is 25.4. The van der Waals surface area contributed by atoms with Gasteiger partial charge in [0, 0.05) is 38.4 Å². The fourth-order valence-electron chi connectivity index (χ4n) is 5.53. The molecule has 1 amide bonds. The van der Waals surface area contributed by atoms with Gasteiger partial charge in [0.05, 0.1) is 22.9 Å². The molecule has 236 valence electrons. The summed E-state index contributed by atoms with van der Waals surface area (Å²) in [6, 6.07) is 10.1. The van der Waals surface area contributed by atoms with E-state index in [9.17, 15) is 27.9 Å². The maximum absolute atomic E-state index is 13.7. The monoisotopic (exact) mass is 631 g/mol. The van der Waals surface area contributed by atoms with Crippen LogP contribution in [-0.2, 0) is 22.2 Å². The van der Waals surface area contributed by atoms with Gasteiger partial charge >= 0.3 is 12.1 Å². The van der Waals surface area contributed by atoms with Crippen LogP contribution in [0.3, 0.4) is 0 Å². The predicted molar refractivity (Wildman–Crippen MR) is 164 cm³/mol. The molecule has 0 aliphatic carbocycles. The lowest BCUT2D eigenvalue weighted by atomic mass is 10.0. The van der Waals surface area contributed by atoms with Crippen molar-refractivity contribution in [3.8, 4) is 11.8 Å². The van der Waals surface area contributed by atoms with Crippen LogP contribution in [0.1, 0.15) is 51.3 Å². The predicted octanol–water partition coefficient (Wildman–Crippen LogP) is 4.92. The first-order valence-corrected chi connectivity index (χ1v) is 14.7. The number of hydrogen-bond acceptors (Lipinski definition) is 7. The maximum atomic E-state index is 13.7. The van der Waals surface area contributed by atoms with Crippen molar-refractivity contribution in [2.45, 2.75) is 58.3 Å². The third-order valence-electron chi connectivity index (χ3n) is 8.39. The molecule has 2 aliphatic heterocycles. The topological polar surface area (TPSA) is 100 Å². The second-order valence-electron chi connectivity index (χ2n) is 11.8. The van der Waals surface area contributed by atoms with Crippen molar-refractivity contribution in [1.82, 2.24) is 9.80 Å². The SMILES string of the molecule is CCc1cc(N2C(=S)N(c3ccc(C#N)c(C(F)(F)F)c3)C(=O)C2(C)C)ccc1OCCN1CCN(C(C)(C)C(=O)O)CC1. The fraction of sp³-hybridized carbons (Fsp3) is 0.484. The molecule has 0 unspecified atom stereocenters. The minimum atomic E-state index is -4.78. The molecule has 4 rings (SSSR count). The number of halogens is 3. The number of aliphatic carboxylic acids is 1. The first-order valence-electron chi connectivity index (χ1n) is 14.3. The van der Waals surface area contributed by atoms with Crippen LogP contribution in [0, 0.1) is 11.3 Å². The first-order chi connectivity index (χ1) is 20.5. The highest BCUT2D eigenvalue weighted by Gasteiger charge is 2.51. The van der Waals surface area contributed by atoms with Gasteiger partial charge in [-0.15, -0.1) is 0 Å². The highest BCUT2D eigenvalue weighted by atomic mass is 32.1. The Kier molecular flexibility index (Phi) is 9.30. The third kappa shape index (κ3) is 6.24. The van der Waals surface area contributed by atoms with E-state index in [1.165, 1.54) is 6.07 Å². The number of ether oxygens (including phenoxy) is 1. The van der Waals surface area contributed by atoms with Gasteiger partial charge in [0.1, 0.15) is 23.4 Å². The Morgan fingerprint density at radius 3 is 2.30 bits per heavy atom. The quantitative estimate of drug-likeness (QED) is 0.387. The van der Waals surface area contributed by atoms with Crippen LogP contribution in [0.15, 0.2) is 36.4 Å². The minimum absolute atomic E-state index is 0.0266. The number of thiocarbonyl (C=S) groups is 1. The molecule has 44 heavy (non-hydrogen) atoms. The van der Waals surface area contributed by atoms with Gasteiger partial charge in [-0.3, -0.25) is 24.3 Å². The Morgan fingerprint density at radius 1 is 1.09 bits per heavy atom. The number of anilines is 2. The summed E-state index contributed by atoms with van der Waals surface area (Å²) in [5.74, 6) is -0.662. The van der Waals surface area contributed by atoms with Gasteiger partial charge in [0.2, 0.25) is 0 Å². The number of benzene rings is 2. The van der Waals surface area contributed by atoms with E-state index in [0.29, 0.717) is 44.1 Å². The summed E-state index contributed by atoms with van der Waals surface area (Å²) in [5.41, 5.74) is -2.38. The zero-order chi connectivity index (χ0) is 32.6. The number of alkyl halides is 3. The lowest BCUT2D eigenvalue weighted by Crippen LogP contribution is -2.58. The van der Waals surface area contributed by atoms with Gasteiger partial charge in [0.25, 0.3) is 5.91 Å². The molecule has 13 heteroatoms.